The van der Waals surface area contributed by atoms with E-state index in [4.69, 9.17) is 26.2 Å². The van der Waals surface area contributed by atoms with E-state index in [2.05, 4.69) is 14.9 Å². The van der Waals surface area contributed by atoms with Gasteiger partial charge in [0.05, 0.1) is 17.7 Å². The van der Waals surface area contributed by atoms with Crippen LogP contribution < -0.4 is 4.74 Å². The Labute approximate surface area is 158 Å². The summed E-state index contributed by atoms with van der Waals surface area (Å²) in [5.74, 6) is 1.59. The number of aromatic nitrogens is 2. The molecule has 0 unspecified atom stereocenters. The lowest BCUT2D eigenvalue weighted by atomic mass is 10.2. The Morgan fingerprint density at radius 2 is 2.08 bits per heavy atom. The average molecular weight is 384 g/mol. The van der Waals surface area contributed by atoms with E-state index in [1.54, 1.807) is 0 Å². The fraction of sp³-hybridized carbons (Fsp3) is 0.444. The molecule has 3 N–H and O–H groups in total. The highest BCUT2D eigenvalue weighted by molar-refractivity contribution is 6.32. The summed E-state index contributed by atoms with van der Waals surface area (Å²) >= 11 is 6.29. The third-order valence-electron chi connectivity index (χ3n) is 3.33. The van der Waals surface area contributed by atoms with Crippen LogP contribution in [0.15, 0.2) is 24.4 Å². The summed E-state index contributed by atoms with van der Waals surface area (Å²) in [7, 11) is 0. The Bertz CT molecular complexity index is 676. The number of ether oxygens (including phenoxy) is 1. The molecule has 144 valence electrons. The minimum atomic E-state index is -0.250. The van der Waals surface area contributed by atoms with Crippen molar-refractivity contribution in [3.05, 3.63) is 46.5 Å². The number of aliphatic hydroxyl groups excluding tert-OH is 1. The topological polar surface area (TPSA) is 98.7 Å². The van der Waals surface area contributed by atoms with E-state index in [-0.39, 0.29) is 19.2 Å². The maximum absolute atomic E-state index is 9.28. The van der Waals surface area contributed by atoms with Crippen LogP contribution in [0.4, 0.5) is 0 Å². The van der Waals surface area contributed by atoms with Crippen LogP contribution in [0.5, 0.6) is 5.75 Å². The predicted octanol–water partition coefficient (Wildman–Crippen LogP) is 2.85. The molecule has 2 rings (SSSR count). The number of hydrogen-bond acceptors (Lipinski definition) is 5. The van der Waals surface area contributed by atoms with Crippen molar-refractivity contribution in [3.8, 4) is 5.75 Å². The van der Waals surface area contributed by atoms with Crippen LogP contribution in [-0.2, 0) is 17.9 Å². The van der Waals surface area contributed by atoms with E-state index in [0.717, 1.165) is 17.1 Å². The summed E-state index contributed by atoms with van der Waals surface area (Å²) in [5.41, 5.74) is 2.11. The zero-order valence-corrected chi connectivity index (χ0v) is 16.0. The van der Waals surface area contributed by atoms with Crippen molar-refractivity contribution in [3.63, 3.8) is 0 Å². The number of H-pyrrole nitrogens is 1. The standard InChI is InChI=1S/C17H24ClN3O2.CH2O2/c1-12(2)23-17-5-4-14(8-16(17)18)10-21(6-7-22)11-15-9-19-13(3)20-15;2-1-3/h4-5,8-9,12,22H,6-7,10-11H2,1-3H3,(H,19,20);1H,(H,2,3). The first-order chi connectivity index (χ1) is 12.4. The van der Waals surface area contributed by atoms with Crippen molar-refractivity contribution in [2.75, 3.05) is 13.2 Å². The molecule has 0 amide bonds. The monoisotopic (exact) mass is 383 g/mol. The third kappa shape index (κ3) is 7.86. The van der Waals surface area contributed by atoms with Crippen molar-refractivity contribution >= 4 is 18.1 Å². The fourth-order valence-corrected chi connectivity index (χ4v) is 2.65. The lowest BCUT2D eigenvalue weighted by molar-refractivity contribution is -0.122. The molecule has 1 heterocycles. The molecule has 0 saturated heterocycles. The minimum Gasteiger partial charge on any atom is -0.489 e. The van der Waals surface area contributed by atoms with Gasteiger partial charge < -0.3 is 19.9 Å². The molecule has 2 aromatic rings. The first kappa shape index (κ1) is 22.0. The van der Waals surface area contributed by atoms with Gasteiger partial charge in [-0.3, -0.25) is 9.69 Å². The predicted molar refractivity (Wildman–Crippen MR) is 100 cm³/mol. The highest BCUT2D eigenvalue weighted by atomic mass is 35.5. The first-order valence-corrected chi connectivity index (χ1v) is 8.64. The molecule has 0 radical (unpaired) electrons. The summed E-state index contributed by atoms with van der Waals surface area (Å²) < 4.78 is 5.65. The molecule has 8 heteroatoms. The molecule has 0 aliphatic rings. The molecule has 0 aliphatic carbocycles. The molecule has 0 aliphatic heterocycles. The Kier molecular flexibility index (Phi) is 9.72. The number of carbonyl (C=O) groups is 1. The van der Waals surface area contributed by atoms with E-state index in [1.807, 2.05) is 45.2 Å². The van der Waals surface area contributed by atoms with Crippen LogP contribution in [0.2, 0.25) is 5.02 Å². The van der Waals surface area contributed by atoms with Gasteiger partial charge in [-0.25, -0.2) is 4.98 Å². The van der Waals surface area contributed by atoms with Crippen molar-refractivity contribution < 1.29 is 19.7 Å². The molecule has 0 spiro atoms. The largest absolute Gasteiger partial charge is 0.489 e. The van der Waals surface area contributed by atoms with Gasteiger partial charge in [-0.2, -0.15) is 0 Å². The van der Waals surface area contributed by atoms with Gasteiger partial charge in [0.2, 0.25) is 0 Å². The molecule has 0 saturated carbocycles. The van der Waals surface area contributed by atoms with Crippen LogP contribution in [0.25, 0.3) is 0 Å². The molecule has 1 aromatic carbocycles. The lowest BCUT2D eigenvalue weighted by Crippen LogP contribution is -2.26. The molecule has 0 bridgehead atoms. The van der Waals surface area contributed by atoms with E-state index in [9.17, 15) is 5.11 Å². The average Bonchev–Trinajstić information content (AvgIpc) is 2.96. The summed E-state index contributed by atoms with van der Waals surface area (Å²) in [6, 6.07) is 5.82. The van der Waals surface area contributed by atoms with E-state index >= 15 is 0 Å². The van der Waals surface area contributed by atoms with Crippen molar-refractivity contribution in [1.29, 1.82) is 0 Å². The van der Waals surface area contributed by atoms with Crippen molar-refractivity contribution in [2.45, 2.75) is 40.0 Å². The normalized spacial score (nSPS) is 10.6. The number of carboxylic acid groups (broad SMARTS) is 1. The van der Waals surface area contributed by atoms with Crippen LogP contribution >= 0.6 is 11.6 Å². The summed E-state index contributed by atoms with van der Waals surface area (Å²) in [6.45, 7) is 7.70. The molecular weight excluding hydrogens is 358 g/mol. The van der Waals surface area contributed by atoms with E-state index < -0.39 is 0 Å². The van der Waals surface area contributed by atoms with Gasteiger partial charge in [-0.1, -0.05) is 17.7 Å². The smallest absolute Gasteiger partial charge is 0.290 e. The number of hydrogen-bond donors (Lipinski definition) is 3. The van der Waals surface area contributed by atoms with Gasteiger partial charge in [0.1, 0.15) is 11.6 Å². The van der Waals surface area contributed by atoms with Crippen molar-refractivity contribution in [2.24, 2.45) is 0 Å². The van der Waals surface area contributed by atoms with Gasteiger partial charge in [-0.15, -0.1) is 0 Å². The van der Waals surface area contributed by atoms with Gasteiger partial charge in [0.15, 0.2) is 0 Å². The second kappa shape index (κ2) is 11.5. The highest BCUT2D eigenvalue weighted by Crippen LogP contribution is 2.27. The molecule has 1 aromatic heterocycles. The van der Waals surface area contributed by atoms with E-state index in [0.29, 0.717) is 30.4 Å². The maximum atomic E-state index is 9.28. The molecule has 0 fully saturated rings. The summed E-state index contributed by atoms with van der Waals surface area (Å²) in [6.07, 6.45) is 1.92. The second-order valence-corrected chi connectivity index (χ2v) is 6.37. The quantitative estimate of drug-likeness (QED) is 0.606. The number of nitrogens with one attached hydrogen (secondary N) is 1. The number of aryl methyl sites for hydroxylation is 1. The highest BCUT2D eigenvalue weighted by Gasteiger charge is 2.11. The second-order valence-electron chi connectivity index (χ2n) is 5.96. The molecular formula is C18H26ClN3O4. The third-order valence-corrected chi connectivity index (χ3v) is 3.63. The van der Waals surface area contributed by atoms with Crippen LogP contribution in [0, 0.1) is 6.92 Å². The fourth-order valence-electron chi connectivity index (χ4n) is 2.40. The number of benzene rings is 1. The molecule has 7 nitrogen and oxygen atoms in total. The van der Waals surface area contributed by atoms with Gasteiger partial charge in [0.25, 0.3) is 6.47 Å². The first-order valence-electron chi connectivity index (χ1n) is 8.26. The SMILES string of the molecule is Cc1ncc(CN(CCO)Cc2ccc(OC(C)C)c(Cl)c2)[nH]1.O=CO. The number of aliphatic hydroxyl groups is 1. The van der Waals surface area contributed by atoms with Gasteiger partial charge >= 0.3 is 0 Å². The van der Waals surface area contributed by atoms with Crippen LogP contribution in [0.3, 0.4) is 0 Å². The van der Waals surface area contributed by atoms with Crippen molar-refractivity contribution in [1.82, 2.24) is 14.9 Å². The lowest BCUT2D eigenvalue weighted by Gasteiger charge is -2.21. The number of imidazole rings is 1. The number of nitrogens with zero attached hydrogens (tertiary/aromatic N) is 2. The minimum absolute atomic E-state index is 0.0906. The zero-order chi connectivity index (χ0) is 19.5. The number of rotatable bonds is 8. The maximum Gasteiger partial charge on any atom is 0.290 e. The summed E-state index contributed by atoms with van der Waals surface area (Å²) in [4.78, 5) is 17.9. The zero-order valence-electron chi connectivity index (χ0n) is 15.3. The number of halogens is 1. The molecule has 26 heavy (non-hydrogen) atoms. The van der Waals surface area contributed by atoms with Crippen LogP contribution in [0.1, 0.15) is 30.9 Å². The van der Waals surface area contributed by atoms with Gasteiger partial charge in [0, 0.05) is 31.5 Å². The summed E-state index contributed by atoms with van der Waals surface area (Å²) in [5, 5.41) is 16.8. The van der Waals surface area contributed by atoms with Crippen LogP contribution in [-0.4, -0.2) is 50.8 Å². The van der Waals surface area contributed by atoms with E-state index in [1.165, 1.54) is 0 Å². The molecule has 0 atom stereocenters. The Morgan fingerprint density at radius 3 is 2.58 bits per heavy atom. The number of aromatic amines is 1. The Balaban J connectivity index is 0.00000105. The Hall–Kier alpha value is -2.09. The van der Waals surface area contributed by atoms with Gasteiger partial charge in [-0.05, 0) is 38.5 Å². The Morgan fingerprint density at radius 1 is 1.38 bits per heavy atom.